The highest BCUT2D eigenvalue weighted by molar-refractivity contribution is 6.30. The van der Waals surface area contributed by atoms with Gasteiger partial charge in [-0.05, 0) is 68.7 Å². The summed E-state index contributed by atoms with van der Waals surface area (Å²) in [5.74, 6) is 2.03. The molecule has 1 atom stereocenters. The Bertz CT molecular complexity index is 839. The van der Waals surface area contributed by atoms with Crippen molar-refractivity contribution in [2.75, 3.05) is 19.8 Å². The van der Waals surface area contributed by atoms with Crippen LogP contribution in [0.15, 0.2) is 36.4 Å². The molecule has 2 aromatic rings. The molecule has 28 heavy (non-hydrogen) atoms. The number of halogens is 1. The van der Waals surface area contributed by atoms with Gasteiger partial charge in [0.15, 0.2) is 17.6 Å². The van der Waals surface area contributed by atoms with E-state index in [4.69, 9.17) is 25.8 Å². The second kappa shape index (κ2) is 9.20. The summed E-state index contributed by atoms with van der Waals surface area (Å²) in [5, 5.41) is 0.581. The Kier molecular flexibility index (Phi) is 6.68. The topological polar surface area (TPSA) is 48.0 Å². The molecule has 6 heteroatoms. The monoisotopic (exact) mass is 403 g/mol. The Labute approximate surface area is 171 Å². The maximum atomic E-state index is 12.9. The van der Waals surface area contributed by atoms with Crippen molar-refractivity contribution in [1.29, 1.82) is 0 Å². The molecule has 0 saturated heterocycles. The lowest BCUT2D eigenvalue weighted by atomic mass is 9.98. The molecule has 5 nitrogen and oxygen atoms in total. The van der Waals surface area contributed by atoms with E-state index >= 15 is 0 Å². The van der Waals surface area contributed by atoms with E-state index in [9.17, 15) is 4.79 Å². The number of amides is 1. The largest absolute Gasteiger partial charge is 0.490 e. The van der Waals surface area contributed by atoms with Crippen LogP contribution in [-0.2, 0) is 17.8 Å². The highest BCUT2D eigenvalue weighted by Gasteiger charge is 2.27. The smallest absolute Gasteiger partial charge is 0.263 e. The molecule has 0 aromatic heterocycles. The average Bonchev–Trinajstić information content (AvgIpc) is 2.68. The number of carbonyl (C=O) groups is 1. The minimum atomic E-state index is -0.589. The molecule has 0 spiro atoms. The first kappa shape index (κ1) is 20.3. The first-order chi connectivity index (χ1) is 13.5. The van der Waals surface area contributed by atoms with Gasteiger partial charge in [0.05, 0.1) is 13.2 Å². The third-order valence-electron chi connectivity index (χ3n) is 4.65. The predicted octanol–water partition coefficient (Wildman–Crippen LogP) is 4.49. The zero-order chi connectivity index (χ0) is 20.1. The number of hydrogen-bond donors (Lipinski definition) is 0. The van der Waals surface area contributed by atoms with E-state index < -0.39 is 6.10 Å². The van der Waals surface area contributed by atoms with Crippen molar-refractivity contribution in [3.05, 3.63) is 52.5 Å². The SMILES string of the molecule is CCOc1cc2c(cc1OCC)CN(C(=O)C(C)Oc1cccc(Cl)c1)CC2. The maximum absolute atomic E-state index is 12.9. The van der Waals surface area contributed by atoms with Gasteiger partial charge in [0.25, 0.3) is 5.91 Å². The zero-order valence-electron chi connectivity index (χ0n) is 16.5. The van der Waals surface area contributed by atoms with Gasteiger partial charge in [-0.3, -0.25) is 4.79 Å². The lowest BCUT2D eigenvalue weighted by Gasteiger charge is -2.31. The summed E-state index contributed by atoms with van der Waals surface area (Å²) in [5.41, 5.74) is 2.28. The van der Waals surface area contributed by atoms with E-state index in [-0.39, 0.29) is 5.91 Å². The minimum Gasteiger partial charge on any atom is -0.490 e. The molecule has 0 N–H and O–H groups in total. The molecular weight excluding hydrogens is 378 g/mol. The third kappa shape index (κ3) is 4.71. The molecule has 0 fully saturated rings. The lowest BCUT2D eigenvalue weighted by Crippen LogP contribution is -2.43. The standard InChI is InChI=1S/C22H26ClNO4/c1-4-26-20-11-16-9-10-24(14-17(16)12-21(20)27-5-2)22(25)15(3)28-19-8-6-7-18(23)13-19/h6-8,11-13,15H,4-5,9-10,14H2,1-3H3. The summed E-state index contributed by atoms with van der Waals surface area (Å²) in [4.78, 5) is 14.7. The Balaban J connectivity index is 1.72. The van der Waals surface area contributed by atoms with E-state index in [1.807, 2.05) is 30.9 Å². The number of carbonyl (C=O) groups excluding carboxylic acids is 1. The number of ether oxygens (including phenoxy) is 3. The molecule has 3 rings (SSSR count). The van der Waals surface area contributed by atoms with Crippen molar-refractivity contribution in [3.8, 4) is 17.2 Å². The van der Waals surface area contributed by atoms with Crippen molar-refractivity contribution in [3.63, 3.8) is 0 Å². The molecule has 0 aliphatic carbocycles. The van der Waals surface area contributed by atoms with Gasteiger partial charge in [0.2, 0.25) is 0 Å². The zero-order valence-corrected chi connectivity index (χ0v) is 17.3. The first-order valence-corrected chi connectivity index (χ1v) is 10.0. The van der Waals surface area contributed by atoms with Gasteiger partial charge in [-0.2, -0.15) is 0 Å². The van der Waals surface area contributed by atoms with Gasteiger partial charge in [0.1, 0.15) is 5.75 Å². The molecule has 0 bridgehead atoms. The minimum absolute atomic E-state index is 0.0440. The second-order valence-corrected chi connectivity index (χ2v) is 7.10. The average molecular weight is 404 g/mol. The molecule has 1 aliphatic rings. The van der Waals surface area contributed by atoms with Crippen LogP contribution in [0.2, 0.25) is 5.02 Å². The van der Waals surface area contributed by atoms with Gasteiger partial charge in [-0.25, -0.2) is 0 Å². The van der Waals surface area contributed by atoms with Gasteiger partial charge in [-0.1, -0.05) is 17.7 Å². The van der Waals surface area contributed by atoms with Crippen LogP contribution in [0.3, 0.4) is 0 Å². The normalized spacial score (nSPS) is 14.2. The molecule has 0 radical (unpaired) electrons. The molecule has 1 heterocycles. The van der Waals surface area contributed by atoms with Crippen LogP contribution < -0.4 is 14.2 Å². The fourth-order valence-corrected chi connectivity index (χ4v) is 3.52. The quantitative estimate of drug-likeness (QED) is 0.683. The van der Waals surface area contributed by atoms with Gasteiger partial charge in [-0.15, -0.1) is 0 Å². The lowest BCUT2D eigenvalue weighted by molar-refractivity contribution is -0.138. The molecule has 1 amide bonds. The summed E-state index contributed by atoms with van der Waals surface area (Å²) in [6, 6.07) is 11.1. The van der Waals surface area contributed by atoms with E-state index in [0.717, 1.165) is 23.5 Å². The molecule has 150 valence electrons. The van der Waals surface area contributed by atoms with Crippen LogP contribution in [0.4, 0.5) is 0 Å². The van der Waals surface area contributed by atoms with Crippen LogP contribution in [0.5, 0.6) is 17.2 Å². The second-order valence-electron chi connectivity index (χ2n) is 6.66. The molecule has 1 aliphatic heterocycles. The number of fused-ring (bicyclic) bond motifs is 1. The van der Waals surface area contributed by atoms with E-state index in [1.54, 1.807) is 31.2 Å². The van der Waals surface area contributed by atoms with Gasteiger partial charge < -0.3 is 19.1 Å². The van der Waals surface area contributed by atoms with Gasteiger partial charge in [0, 0.05) is 18.1 Å². The number of nitrogens with zero attached hydrogens (tertiary/aromatic N) is 1. The summed E-state index contributed by atoms with van der Waals surface area (Å²) >= 11 is 5.99. The van der Waals surface area contributed by atoms with Crippen molar-refractivity contribution in [2.45, 2.75) is 39.8 Å². The summed E-state index contributed by atoms with van der Waals surface area (Å²) in [7, 11) is 0. The highest BCUT2D eigenvalue weighted by atomic mass is 35.5. The number of benzene rings is 2. The first-order valence-electron chi connectivity index (χ1n) is 9.64. The Morgan fingerprint density at radius 2 is 1.79 bits per heavy atom. The summed E-state index contributed by atoms with van der Waals surface area (Å²) in [6.07, 6.45) is 0.186. The highest BCUT2D eigenvalue weighted by Crippen LogP contribution is 2.34. The van der Waals surface area contributed by atoms with E-state index in [1.165, 1.54) is 5.56 Å². The molecule has 0 saturated carbocycles. The maximum Gasteiger partial charge on any atom is 0.263 e. The summed E-state index contributed by atoms with van der Waals surface area (Å²) < 4.78 is 17.2. The van der Waals surface area contributed by atoms with Gasteiger partial charge >= 0.3 is 0 Å². The third-order valence-corrected chi connectivity index (χ3v) is 4.88. The predicted molar refractivity (Wildman–Crippen MR) is 109 cm³/mol. The molecule has 2 aromatic carbocycles. The van der Waals surface area contributed by atoms with Crippen molar-refractivity contribution in [2.24, 2.45) is 0 Å². The Morgan fingerprint density at radius 3 is 2.43 bits per heavy atom. The fraction of sp³-hybridized carbons (Fsp3) is 0.409. The Morgan fingerprint density at radius 1 is 1.11 bits per heavy atom. The van der Waals surface area contributed by atoms with E-state index in [2.05, 4.69) is 0 Å². The number of hydrogen-bond acceptors (Lipinski definition) is 4. The molecule has 1 unspecified atom stereocenters. The van der Waals surface area contributed by atoms with Crippen LogP contribution in [0, 0.1) is 0 Å². The van der Waals surface area contributed by atoms with Crippen LogP contribution in [0.25, 0.3) is 0 Å². The van der Waals surface area contributed by atoms with Crippen LogP contribution in [0.1, 0.15) is 31.9 Å². The van der Waals surface area contributed by atoms with Crippen molar-refractivity contribution < 1.29 is 19.0 Å². The van der Waals surface area contributed by atoms with Crippen LogP contribution >= 0.6 is 11.6 Å². The van der Waals surface area contributed by atoms with E-state index in [0.29, 0.717) is 37.1 Å². The van der Waals surface area contributed by atoms with Crippen molar-refractivity contribution in [1.82, 2.24) is 4.90 Å². The molecular formula is C22H26ClNO4. The Hall–Kier alpha value is -2.40. The van der Waals surface area contributed by atoms with Crippen LogP contribution in [-0.4, -0.2) is 36.7 Å². The number of rotatable bonds is 7. The van der Waals surface area contributed by atoms with Crippen molar-refractivity contribution >= 4 is 17.5 Å². The summed E-state index contributed by atoms with van der Waals surface area (Å²) in [6.45, 7) is 7.99. The fourth-order valence-electron chi connectivity index (χ4n) is 3.34.